The van der Waals surface area contributed by atoms with E-state index in [1.165, 1.54) is 11.1 Å². The highest BCUT2D eigenvalue weighted by atomic mass is 16.2. The van der Waals surface area contributed by atoms with Gasteiger partial charge in [0.2, 0.25) is 5.91 Å². The van der Waals surface area contributed by atoms with Crippen LogP contribution in [-0.4, -0.2) is 32.9 Å². The van der Waals surface area contributed by atoms with E-state index >= 15 is 0 Å². The predicted octanol–water partition coefficient (Wildman–Crippen LogP) is 3.12. The van der Waals surface area contributed by atoms with Crippen LogP contribution in [0.3, 0.4) is 0 Å². The number of nitrogens with zero attached hydrogens (tertiary/aromatic N) is 3. The lowest BCUT2D eigenvalue weighted by Gasteiger charge is -2.25. The smallest absolute Gasteiger partial charge is 0.223 e. The van der Waals surface area contributed by atoms with Crippen molar-refractivity contribution in [2.45, 2.75) is 52.1 Å². The minimum absolute atomic E-state index is 0.283. The third kappa shape index (κ3) is 3.81. The topological polar surface area (TPSA) is 38.1 Å². The Kier molecular flexibility index (Phi) is 4.79. The Balaban J connectivity index is 1.57. The number of benzene rings is 1. The van der Waals surface area contributed by atoms with Gasteiger partial charge in [-0.1, -0.05) is 29.8 Å². The number of rotatable bonds is 5. The molecule has 0 bridgehead atoms. The standard InChI is InChI=1S/C19H25N3O/c1-15-5-7-17(8-6-15)9-10-19(23)22-12-3-4-18(22)14-21-13-11-20-16(21)2/h5-8,11,13,18H,3-4,9-10,12,14H2,1-2H3. The second kappa shape index (κ2) is 6.99. The zero-order valence-corrected chi connectivity index (χ0v) is 14.0. The maximum Gasteiger partial charge on any atom is 0.223 e. The van der Waals surface area contributed by atoms with Gasteiger partial charge in [0, 0.05) is 37.9 Å². The van der Waals surface area contributed by atoms with Gasteiger partial charge in [-0.3, -0.25) is 4.79 Å². The summed E-state index contributed by atoms with van der Waals surface area (Å²) in [6.45, 7) is 5.85. The van der Waals surface area contributed by atoms with Crippen molar-refractivity contribution < 1.29 is 4.79 Å². The molecule has 1 aliphatic rings. The molecule has 1 aromatic heterocycles. The maximum absolute atomic E-state index is 12.6. The van der Waals surface area contributed by atoms with Crippen molar-refractivity contribution in [1.82, 2.24) is 14.5 Å². The van der Waals surface area contributed by atoms with Crippen LogP contribution < -0.4 is 0 Å². The van der Waals surface area contributed by atoms with Gasteiger partial charge in [0.15, 0.2) is 0 Å². The van der Waals surface area contributed by atoms with Crippen LogP contribution in [-0.2, 0) is 17.8 Å². The van der Waals surface area contributed by atoms with Crippen molar-refractivity contribution >= 4 is 5.91 Å². The van der Waals surface area contributed by atoms with Crippen LogP contribution in [0.25, 0.3) is 0 Å². The summed E-state index contributed by atoms with van der Waals surface area (Å²) < 4.78 is 2.15. The number of carbonyl (C=O) groups is 1. The number of aryl methyl sites for hydroxylation is 3. The van der Waals surface area contributed by atoms with Gasteiger partial charge < -0.3 is 9.47 Å². The molecular formula is C19H25N3O. The molecule has 3 rings (SSSR count). The average molecular weight is 311 g/mol. The number of hydrogen-bond acceptors (Lipinski definition) is 2. The van der Waals surface area contributed by atoms with Gasteiger partial charge >= 0.3 is 0 Å². The number of aromatic nitrogens is 2. The molecule has 2 aromatic rings. The number of likely N-dealkylation sites (tertiary alicyclic amines) is 1. The molecule has 1 fully saturated rings. The van der Waals surface area contributed by atoms with Gasteiger partial charge in [0.05, 0.1) is 0 Å². The predicted molar refractivity (Wildman–Crippen MR) is 91.2 cm³/mol. The van der Waals surface area contributed by atoms with E-state index in [1.807, 2.05) is 19.3 Å². The second-order valence-electron chi connectivity index (χ2n) is 6.50. The normalized spacial score (nSPS) is 17.7. The molecular weight excluding hydrogens is 286 g/mol. The Morgan fingerprint density at radius 2 is 2.04 bits per heavy atom. The molecule has 2 heterocycles. The quantitative estimate of drug-likeness (QED) is 0.851. The number of carbonyl (C=O) groups excluding carboxylic acids is 1. The second-order valence-corrected chi connectivity index (χ2v) is 6.50. The molecule has 0 radical (unpaired) electrons. The molecule has 1 unspecified atom stereocenters. The number of imidazole rings is 1. The largest absolute Gasteiger partial charge is 0.338 e. The Labute approximate surface area is 138 Å². The molecule has 1 atom stereocenters. The van der Waals surface area contributed by atoms with Crippen molar-refractivity contribution in [3.63, 3.8) is 0 Å². The van der Waals surface area contributed by atoms with E-state index in [0.717, 1.165) is 38.2 Å². The van der Waals surface area contributed by atoms with Crippen LogP contribution in [0.2, 0.25) is 0 Å². The minimum atomic E-state index is 0.283. The molecule has 122 valence electrons. The molecule has 4 heteroatoms. The highest BCUT2D eigenvalue weighted by molar-refractivity contribution is 5.77. The van der Waals surface area contributed by atoms with E-state index in [9.17, 15) is 4.79 Å². The van der Waals surface area contributed by atoms with Gasteiger partial charge in [0.25, 0.3) is 0 Å². The van der Waals surface area contributed by atoms with E-state index in [0.29, 0.717) is 12.5 Å². The van der Waals surface area contributed by atoms with Crippen LogP contribution in [0.4, 0.5) is 0 Å². The van der Waals surface area contributed by atoms with Gasteiger partial charge in [-0.2, -0.15) is 0 Å². The van der Waals surface area contributed by atoms with Crippen molar-refractivity contribution in [3.8, 4) is 0 Å². The van der Waals surface area contributed by atoms with E-state index < -0.39 is 0 Å². The van der Waals surface area contributed by atoms with Gasteiger partial charge in [-0.05, 0) is 38.7 Å². The molecule has 0 aliphatic carbocycles. The van der Waals surface area contributed by atoms with E-state index in [4.69, 9.17) is 0 Å². The fourth-order valence-electron chi connectivity index (χ4n) is 3.33. The highest BCUT2D eigenvalue weighted by Crippen LogP contribution is 2.21. The Morgan fingerprint density at radius 3 is 2.74 bits per heavy atom. The lowest BCUT2D eigenvalue weighted by atomic mass is 10.1. The molecule has 4 nitrogen and oxygen atoms in total. The molecule has 1 aliphatic heterocycles. The summed E-state index contributed by atoms with van der Waals surface area (Å²) >= 11 is 0. The zero-order valence-electron chi connectivity index (χ0n) is 14.0. The number of hydrogen-bond donors (Lipinski definition) is 0. The SMILES string of the molecule is Cc1ccc(CCC(=O)N2CCCC2Cn2ccnc2C)cc1. The van der Waals surface area contributed by atoms with E-state index in [-0.39, 0.29) is 5.91 Å². The van der Waals surface area contributed by atoms with Crippen LogP contribution >= 0.6 is 0 Å². The Hall–Kier alpha value is -2.10. The first-order valence-electron chi connectivity index (χ1n) is 8.46. The van der Waals surface area contributed by atoms with Gasteiger partial charge in [-0.25, -0.2) is 4.98 Å². The molecule has 1 amide bonds. The lowest BCUT2D eigenvalue weighted by Crippen LogP contribution is -2.38. The fraction of sp³-hybridized carbons (Fsp3) is 0.474. The molecule has 0 spiro atoms. The van der Waals surface area contributed by atoms with Gasteiger partial charge in [0.1, 0.15) is 5.82 Å². The molecule has 1 aromatic carbocycles. The van der Waals surface area contributed by atoms with Crippen molar-refractivity contribution in [2.75, 3.05) is 6.54 Å². The summed E-state index contributed by atoms with van der Waals surface area (Å²) in [6, 6.07) is 8.78. The first-order chi connectivity index (χ1) is 11.1. The average Bonchev–Trinajstić information content (AvgIpc) is 3.17. The number of amides is 1. The van der Waals surface area contributed by atoms with Crippen LogP contribution in [0.15, 0.2) is 36.7 Å². The summed E-state index contributed by atoms with van der Waals surface area (Å²) in [5.41, 5.74) is 2.50. The maximum atomic E-state index is 12.6. The van der Waals surface area contributed by atoms with Crippen molar-refractivity contribution in [2.24, 2.45) is 0 Å². The first kappa shape index (κ1) is 15.8. The molecule has 1 saturated heterocycles. The third-order valence-corrected chi connectivity index (χ3v) is 4.78. The van der Waals surface area contributed by atoms with Crippen LogP contribution in [0.5, 0.6) is 0 Å². The molecule has 0 N–H and O–H groups in total. The van der Waals surface area contributed by atoms with Gasteiger partial charge in [-0.15, -0.1) is 0 Å². The van der Waals surface area contributed by atoms with E-state index in [2.05, 4.69) is 45.6 Å². The fourth-order valence-corrected chi connectivity index (χ4v) is 3.33. The summed E-state index contributed by atoms with van der Waals surface area (Å²) in [5.74, 6) is 1.30. The summed E-state index contributed by atoms with van der Waals surface area (Å²) in [5, 5.41) is 0. The van der Waals surface area contributed by atoms with Crippen molar-refractivity contribution in [3.05, 3.63) is 53.6 Å². The van der Waals surface area contributed by atoms with Crippen LogP contribution in [0.1, 0.15) is 36.2 Å². The highest BCUT2D eigenvalue weighted by Gasteiger charge is 2.28. The summed E-state index contributed by atoms with van der Waals surface area (Å²) in [7, 11) is 0. The molecule has 23 heavy (non-hydrogen) atoms. The summed E-state index contributed by atoms with van der Waals surface area (Å²) in [6.07, 6.45) is 7.45. The minimum Gasteiger partial charge on any atom is -0.338 e. The Bertz CT molecular complexity index is 660. The summed E-state index contributed by atoms with van der Waals surface area (Å²) in [4.78, 5) is 19.0. The van der Waals surface area contributed by atoms with Crippen LogP contribution in [0, 0.1) is 13.8 Å². The van der Waals surface area contributed by atoms with Crippen molar-refractivity contribution in [1.29, 1.82) is 0 Å². The lowest BCUT2D eigenvalue weighted by molar-refractivity contribution is -0.132. The van der Waals surface area contributed by atoms with E-state index in [1.54, 1.807) is 0 Å². The monoisotopic (exact) mass is 311 g/mol. The Morgan fingerprint density at radius 1 is 1.26 bits per heavy atom. The third-order valence-electron chi connectivity index (χ3n) is 4.78. The zero-order chi connectivity index (χ0) is 16.2. The first-order valence-corrected chi connectivity index (χ1v) is 8.46. The molecule has 0 saturated carbocycles.